The SMILES string of the molecule is CC(C(=O)NC1(C#N)CCCCC1)N1CCc2cncnc2C1. The van der Waals surface area contributed by atoms with Crippen LogP contribution in [0.2, 0.25) is 0 Å². The zero-order valence-electron chi connectivity index (χ0n) is 13.6. The number of carbonyl (C=O) groups is 1. The average molecular weight is 313 g/mol. The minimum Gasteiger partial charge on any atom is -0.336 e. The van der Waals surface area contributed by atoms with Gasteiger partial charge in [0.25, 0.3) is 0 Å². The zero-order valence-corrected chi connectivity index (χ0v) is 13.6. The standard InChI is InChI=1S/C17H23N5O/c1-13(16(23)21-17(11-18)6-3-2-4-7-17)22-8-5-14-9-19-12-20-15(14)10-22/h9,12-13H,2-8,10H2,1H3,(H,21,23). The molecule has 1 aromatic heterocycles. The first-order valence-electron chi connectivity index (χ1n) is 8.39. The van der Waals surface area contributed by atoms with E-state index in [1.807, 2.05) is 13.1 Å². The van der Waals surface area contributed by atoms with Gasteiger partial charge in [-0.3, -0.25) is 9.69 Å². The van der Waals surface area contributed by atoms with Gasteiger partial charge in [-0.05, 0) is 31.7 Å². The summed E-state index contributed by atoms with van der Waals surface area (Å²) in [5.41, 5.74) is 1.50. The Hall–Kier alpha value is -2.00. The predicted molar refractivity (Wildman–Crippen MR) is 85.2 cm³/mol. The normalized spacial score (nSPS) is 21.7. The lowest BCUT2D eigenvalue weighted by atomic mass is 9.82. The molecule has 2 heterocycles. The number of fused-ring (bicyclic) bond motifs is 1. The smallest absolute Gasteiger partial charge is 0.238 e. The van der Waals surface area contributed by atoms with E-state index >= 15 is 0 Å². The van der Waals surface area contributed by atoms with Crippen molar-refractivity contribution in [2.24, 2.45) is 0 Å². The molecule has 3 rings (SSSR count). The van der Waals surface area contributed by atoms with Gasteiger partial charge in [0.05, 0.1) is 17.8 Å². The van der Waals surface area contributed by atoms with Crippen molar-refractivity contribution in [3.05, 3.63) is 23.8 Å². The quantitative estimate of drug-likeness (QED) is 0.916. The van der Waals surface area contributed by atoms with Crippen LogP contribution in [0.5, 0.6) is 0 Å². The maximum atomic E-state index is 12.6. The van der Waals surface area contributed by atoms with Gasteiger partial charge in [-0.2, -0.15) is 5.26 Å². The van der Waals surface area contributed by atoms with E-state index in [-0.39, 0.29) is 11.9 Å². The van der Waals surface area contributed by atoms with E-state index in [1.54, 1.807) is 6.33 Å². The van der Waals surface area contributed by atoms with Gasteiger partial charge in [0, 0.05) is 19.3 Å². The minimum atomic E-state index is -0.667. The first-order chi connectivity index (χ1) is 11.1. The summed E-state index contributed by atoms with van der Waals surface area (Å²) in [6, 6.07) is 2.09. The summed E-state index contributed by atoms with van der Waals surface area (Å²) < 4.78 is 0. The first kappa shape index (κ1) is 15.9. The zero-order chi connectivity index (χ0) is 16.3. The number of aromatic nitrogens is 2. The molecular weight excluding hydrogens is 290 g/mol. The molecule has 6 heteroatoms. The summed E-state index contributed by atoms with van der Waals surface area (Å²) in [5, 5.41) is 12.5. The molecule has 1 atom stereocenters. The molecule has 122 valence electrons. The summed E-state index contributed by atoms with van der Waals surface area (Å²) in [5.74, 6) is -0.0500. The third kappa shape index (κ3) is 3.35. The number of hydrogen-bond donors (Lipinski definition) is 1. The molecule has 1 aliphatic heterocycles. The Balaban J connectivity index is 1.65. The monoisotopic (exact) mass is 313 g/mol. The second kappa shape index (κ2) is 6.63. The van der Waals surface area contributed by atoms with E-state index in [0.29, 0.717) is 6.54 Å². The number of nitrogens with one attached hydrogen (secondary N) is 1. The average Bonchev–Trinajstić information content (AvgIpc) is 2.61. The molecule has 2 aliphatic rings. The summed E-state index contributed by atoms with van der Waals surface area (Å²) >= 11 is 0. The first-order valence-corrected chi connectivity index (χ1v) is 8.39. The van der Waals surface area contributed by atoms with E-state index in [2.05, 4.69) is 26.3 Å². The van der Waals surface area contributed by atoms with Gasteiger partial charge in [-0.1, -0.05) is 19.3 Å². The van der Waals surface area contributed by atoms with Crippen LogP contribution in [0.15, 0.2) is 12.5 Å². The molecule has 0 aromatic carbocycles. The van der Waals surface area contributed by atoms with Gasteiger partial charge in [-0.25, -0.2) is 9.97 Å². The Labute approximate surface area is 136 Å². The fourth-order valence-electron chi connectivity index (χ4n) is 3.53. The third-order valence-corrected chi connectivity index (χ3v) is 5.11. The van der Waals surface area contributed by atoms with Gasteiger partial charge in [0.1, 0.15) is 11.9 Å². The van der Waals surface area contributed by atoms with Gasteiger partial charge < -0.3 is 5.32 Å². The number of amides is 1. The molecule has 1 aliphatic carbocycles. The summed E-state index contributed by atoms with van der Waals surface area (Å²) in [7, 11) is 0. The molecule has 0 spiro atoms. The van der Waals surface area contributed by atoms with E-state index in [1.165, 1.54) is 0 Å². The highest BCUT2D eigenvalue weighted by Gasteiger charge is 2.36. The van der Waals surface area contributed by atoms with Crippen molar-refractivity contribution in [1.82, 2.24) is 20.2 Å². The molecule has 1 saturated carbocycles. The van der Waals surface area contributed by atoms with Gasteiger partial charge in [-0.15, -0.1) is 0 Å². The third-order valence-electron chi connectivity index (χ3n) is 5.11. The van der Waals surface area contributed by atoms with Crippen LogP contribution >= 0.6 is 0 Å². The van der Waals surface area contributed by atoms with Gasteiger partial charge in [0.15, 0.2) is 0 Å². The number of hydrogen-bond acceptors (Lipinski definition) is 5. The molecule has 0 radical (unpaired) electrons. The number of carbonyl (C=O) groups excluding carboxylic acids is 1. The van der Waals surface area contributed by atoms with Crippen LogP contribution in [0.4, 0.5) is 0 Å². The van der Waals surface area contributed by atoms with Crippen molar-refractivity contribution < 1.29 is 4.79 Å². The Bertz CT molecular complexity index is 618. The Morgan fingerprint density at radius 2 is 2.22 bits per heavy atom. The van der Waals surface area contributed by atoms with E-state index in [4.69, 9.17) is 0 Å². The van der Waals surface area contributed by atoms with Gasteiger partial charge in [0.2, 0.25) is 5.91 Å². The lowest BCUT2D eigenvalue weighted by Gasteiger charge is -2.36. The maximum absolute atomic E-state index is 12.6. The largest absolute Gasteiger partial charge is 0.336 e. The number of nitrogens with zero attached hydrogens (tertiary/aromatic N) is 4. The number of nitriles is 1. The van der Waals surface area contributed by atoms with E-state index < -0.39 is 5.54 Å². The molecule has 1 aromatic rings. The summed E-state index contributed by atoms with van der Waals surface area (Å²) in [6.45, 7) is 3.38. The molecular formula is C17H23N5O. The van der Waals surface area contributed by atoms with Crippen LogP contribution in [0.3, 0.4) is 0 Å². The molecule has 0 saturated heterocycles. The highest BCUT2D eigenvalue weighted by atomic mass is 16.2. The maximum Gasteiger partial charge on any atom is 0.238 e. The van der Waals surface area contributed by atoms with Crippen LogP contribution in [0, 0.1) is 11.3 Å². The summed E-state index contributed by atoms with van der Waals surface area (Å²) in [4.78, 5) is 23.1. The molecule has 0 bridgehead atoms. The molecule has 1 amide bonds. The van der Waals surface area contributed by atoms with Crippen molar-refractivity contribution in [1.29, 1.82) is 5.26 Å². The highest BCUT2D eigenvalue weighted by Crippen LogP contribution is 2.28. The molecule has 1 fully saturated rings. The second-order valence-corrected chi connectivity index (χ2v) is 6.63. The number of rotatable bonds is 3. The highest BCUT2D eigenvalue weighted by molar-refractivity contribution is 5.82. The Morgan fingerprint density at radius 3 is 2.96 bits per heavy atom. The lowest BCUT2D eigenvalue weighted by Crippen LogP contribution is -2.55. The fraction of sp³-hybridized carbons (Fsp3) is 0.647. The molecule has 1 N–H and O–H groups in total. The van der Waals surface area contributed by atoms with E-state index in [0.717, 1.165) is 56.3 Å². The fourth-order valence-corrected chi connectivity index (χ4v) is 3.53. The molecule has 1 unspecified atom stereocenters. The van der Waals surface area contributed by atoms with Crippen LogP contribution in [-0.4, -0.2) is 38.9 Å². The molecule has 6 nitrogen and oxygen atoms in total. The van der Waals surface area contributed by atoms with Crippen molar-refractivity contribution in [3.63, 3.8) is 0 Å². The van der Waals surface area contributed by atoms with Crippen molar-refractivity contribution >= 4 is 5.91 Å². The van der Waals surface area contributed by atoms with E-state index in [9.17, 15) is 10.1 Å². The Kier molecular flexibility index (Phi) is 4.58. The topological polar surface area (TPSA) is 81.9 Å². The lowest BCUT2D eigenvalue weighted by molar-refractivity contribution is -0.128. The minimum absolute atomic E-state index is 0.0500. The van der Waals surface area contributed by atoms with Crippen LogP contribution in [0.1, 0.15) is 50.3 Å². The van der Waals surface area contributed by atoms with Crippen molar-refractivity contribution in [2.45, 2.75) is 63.6 Å². The summed E-state index contributed by atoms with van der Waals surface area (Å²) in [6.07, 6.45) is 8.97. The predicted octanol–water partition coefficient (Wildman–Crippen LogP) is 1.57. The van der Waals surface area contributed by atoms with Crippen molar-refractivity contribution in [3.8, 4) is 6.07 Å². The molecule has 23 heavy (non-hydrogen) atoms. The Morgan fingerprint density at radius 1 is 1.43 bits per heavy atom. The van der Waals surface area contributed by atoms with Crippen molar-refractivity contribution in [2.75, 3.05) is 6.54 Å². The van der Waals surface area contributed by atoms with Crippen LogP contribution < -0.4 is 5.32 Å². The van der Waals surface area contributed by atoms with Crippen LogP contribution in [0.25, 0.3) is 0 Å². The van der Waals surface area contributed by atoms with Crippen LogP contribution in [-0.2, 0) is 17.8 Å². The second-order valence-electron chi connectivity index (χ2n) is 6.63. The van der Waals surface area contributed by atoms with Gasteiger partial charge >= 0.3 is 0 Å².